The van der Waals surface area contributed by atoms with Crippen LogP contribution >= 0.6 is 11.8 Å². The van der Waals surface area contributed by atoms with Crippen molar-refractivity contribution in [3.8, 4) is 5.69 Å². The third kappa shape index (κ3) is 3.81. The molecule has 0 spiro atoms. The zero-order valence-corrected chi connectivity index (χ0v) is 18.1. The molecule has 3 aromatic rings. The topological polar surface area (TPSA) is 59.8 Å². The number of fused-ring (bicyclic) bond motifs is 1. The molecule has 0 unspecified atom stereocenters. The lowest BCUT2D eigenvalue weighted by atomic mass is 9.74. The molecule has 2 aromatic heterocycles. The molecule has 0 saturated carbocycles. The summed E-state index contributed by atoms with van der Waals surface area (Å²) < 4.78 is 2.04. The second kappa shape index (κ2) is 7.67. The van der Waals surface area contributed by atoms with Gasteiger partial charge in [0.25, 0.3) is 5.91 Å². The van der Waals surface area contributed by atoms with Crippen molar-refractivity contribution in [1.29, 1.82) is 0 Å². The number of para-hydroxylation sites is 1. The van der Waals surface area contributed by atoms with Crippen LogP contribution in [0.5, 0.6) is 0 Å². The normalized spacial score (nSPS) is 17.6. The molecule has 150 valence electrons. The highest BCUT2D eigenvalue weighted by Crippen LogP contribution is 2.41. The number of nitrogens with zero attached hydrogens (tertiary/aromatic N) is 3. The lowest BCUT2D eigenvalue weighted by Crippen LogP contribution is -2.37. The fourth-order valence-corrected chi connectivity index (χ4v) is 4.69. The van der Waals surface area contributed by atoms with Crippen molar-refractivity contribution >= 4 is 17.7 Å². The maximum Gasteiger partial charge on any atom is 0.254 e. The number of carbonyl (C=O) groups excluding carboxylic acids is 1. The summed E-state index contributed by atoms with van der Waals surface area (Å²) in [6, 6.07) is 11.8. The van der Waals surface area contributed by atoms with E-state index in [1.54, 1.807) is 12.3 Å². The molecular formula is C23H26N4OS. The fraction of sp³-hybridized carbons (Fsp3) is 0.348. The highest BCUT2D eigenvalue weighted by molar-refractivity contribution is 7.98. The average molecular weight is 407 g/mol. The lowest BCUT2D eigenvalue weighted by Gasteiger charge is -2.36. The molecule has 4 rings (SSSR count). The Balaban J connectivity index is 1.70. The number of hydrogen-bond donors (Lipinski definition) is 1. The number of rotatable bonds is 4. The predicted octanol–water partition coefficient (Wildman–Crippen LogP) is 4.74. The first-order valence-electron chi connectivity index (χ1n) is 9.82. The summed E-state index contributed by atoms with van der Waals surface area (Å²) >= 11 is 1.49. The summed E-state index contributed by atoms with van der Waals surface area (Å²) in [6.07, 6.45) is 7.37. The highest BCUT2D eigenvalue weighted by atomic mass is 32.2. The standard InChI is InChI=1S/C23H26N4OS/c1-15-8-5-6-10-19(15)27-20-13-23(2,3)12-18(17(20)14-25-27)26-21(28)16-9-7-11-24-22(16)29-4/h5-11,14,18H,12-13H2,1-4H3,(H,26,28)/t18-/m0/s1. The number of carbonyl (C=O) groups is 1. The van der Waals surface area contributed by atoms with Crippen molar-refractivity contribution < 1.29 is 4.79 Å². The summed E-state index contributed by atoms with van der Waals surface area (Å²) in [5, 5.41) is 8.71. The molecule has 2 heterocycles. The van der Waals surface area contributed by atoms with Gasteiger partial charge in [0.1, 0.15) is 5.03 Å². The summed E-state index contributed by atoms with van der Waals surface area (Å²) in [5.41, 5.74) is 5.24. The van der Waals surface area contributed by atoms with Gasteiger partial charge in [-0.25, -0.2) is 9.67 Å². The van der Waals surface area contributed by atoms with Gasteiger partial charge in [0.15, 0.2) is 0 Å². The van der Waals surface area contributed by atoms with E-state index in [0.29, 0.717) is 5.56 Å². The van der Waals surface area contributed by atoms with Gasteiger partial charge in [0.2, 0.25) is 0 Å². The van der Waals surface area contributed by atoms with Crippen LogP contribution in [-0.4, -0.2) is 26.9 Å². The number of amides is 1. The van der Waals surface area contributed by atoms with Gasteiger partial charge in [0, 0.05) is 11.8 Å². The van der Waals surface area contributed by atoms with Gasteiger partial charge < -0.3 is 5.32 Å². The van der Waals surface area contributed by atoms with Gasteiger partial charge in [-0.3, -0.25) is 4.79 Å². The summed E-state index contributed by atoms with van der Waals surface area (Å²) in [5.74, 6) is -0.0836. The van der Waals surface area contributed by atoms with Gasteiger partial charge in [-0.2, -0.15) is 5.10 Å². The van der Waals surface area contributed by atoms with Crippen LogP contribution in [0.4, 0.5) is 0 Å². The van der Waals surface area contributed by atoms with Gasteiger partial charge in [-0.15, -0.1) is 11.8 Å². The maximum absolute atomic E-state index is 13.1. The Labute approximate surface area is 175 Å². The van der Waals surface area contributed by atoms with E-state index in [1.807, 2.05) is 35.3 Å². The summed E-state index contributed by atoms with van der Waals surface area (Å²) in [4.78, 5) is 17.4. The summed E-state index contributed by atoms with van der Waals surface area (Å²) in [6.45, 7) is 6.60. The average Bonchev–Trinajstić information content (AvgIpc) is 3.10. The molecule has 1 atom stereocenters. The number of nitrogens with one attached hydrogen (secondary N) is 1. The molecule has 1 aliphatic carbocycles. The third-order valence-electron chi connectivity index (χ3n) is 5.54. The first kappa shape index (κ1) is 19.7. The fourth-order valence-electron chi connectivity index (χ4n) is 4.14. The molecular weight excluding hydrogens is 380 g/mol. The SMILES string of the molecule is CSc1ncccc1C(=O)N[C@H]1CC(C)(C)Cc2c1cnn2-c1ccccc1C. The Bertz CT molecular complexity index is 1060. The van der Waals surface area contributed by atoms with Gasteiger partial charge in [-0.05, 0) is 55.2 Å². The van der Waals surface area contributed by atoms with E-state index in [9.17, 15) is 4.79 Å². The Morgan fingerprint density at radius 3 is 2.79 bits per heavy atom. The minimum atomic E-state index is -0.0836. The number of aromatic nitrogens is 3. The second-order valence-corrected chi connectivity index (χ2v) is 9.17. The van der Waals surface area contributed by atoms with Crippen LogP contribution in [0.1, 0.15) is 53.5 Å². The lowest BCUT2D eigenvalue weighted by molar-refractivity contribution is 0.0915. The molecule has 0 radical (unpaired) electrons. The van der Waals surface area contributed by atoms with Gasteiger partial charge in [0.05, 0.1) is 29.2 Å². The first-order chi connectivity index (χ1) is 13.9. The van der Waals surface area contributed by atoms with Crippen molar-refractivity contribution in [1.82, 2.24) is 20.1 Å². The molecule has 1 N–H and O–H groups in total. The minimum absolute atomic E-state index is 0.0582. The van der Waals surface area contributed by atoms with Crippen LogP contribution in [0.3, 0.4) is 0 Å². The molecule has 1 amide bonds. The zero-order valence-electron chi connectivity index (χ0n) is 17.3. The van der Waals surface area contributed by atoms with Crippen molar-refractivity contribution in [2.45, 2.75) is 44.7 Å². The van der Waals surface area contributed by atoms with E-state index in [0.717, 1.165) is 29.1 Å². The first-order valence-corrected chi connectivity index (χ1v) is 11.0. The molecule has 0 aliphatic heterocycles. The Hall–Kier alpha value is -2.60. The van der Waals surface area contributed by atoms with Crippen LogP contribution in [0.25, 0.3) is 5.69 Å². The number of aryl methyl sites for hydroxylation is 1. The van der Waals surface area contributed by atoms with E-state index in [1.165, 1.54) is 23.0 Å². The molecule has 1 aliphatic rings. The maximum atomic E-state index is 13.1. The van der Waals surface area contributed by atoms with Crippen molar-refractivity contribution in [3.63, 3.8) is 0 Å². The number of hydrogen-bond acceptors (Lipinski definition) is 4. The summed E-state index contributed by atoms with van der Waals surface area (Å²) in [7, 11) is 0. The van der Waals surface area contributed by atoms with E-state index in [4.69, 9.17) is 5.10 Å². The predicted molar refractivity (Wildman–Crippen MR) is 117 cm³/mol. The second-order valence-electron chi connectivity index (χ2n) is 8.38. The largest absolute Gasteiger partial charge is 0.345 e. The molecule has 0 fully saturated rings. The molecule has 1 aromatic carbocycles. The van der Waals surface area contributed by atoms with E-state index in [2.05, 4.69) is 43.2 Å². The van der Waals surface area contributed by atoms with Crippen molar-refractivity contribution in [2.75, 3.05) is 6.26 Å². The highest BCUT2D eigenvalue weighted by Gasteiger charge is 2.36. The number of thioether (sulfide) groups is 1. The third-order valence-corrected chi connectivity index (χ3v) is 6.25. The Morgan fingerprint density at radius 1 is 1.24 bits per heavy atom. The van der Waals surface area contributed by atoms with Crippen LogP contribution < -0.4 is 5.32 Å². The van der Waals surface area contributed by atoms with Crippen molar-refractivity contribution in [2.24, 2.45) is 5.41 Å². The zero-order chi connectivity index (χ0) is 20.6. The minimum Gasteiger partial charge on any atom is -0.345 e. The van der Waals surface area contributed by atoms with Crippen LogP contribution in [-0.2, 0) is 6.42 Å². The monoisotopic (exact) mass is 406 g/mol. The smallest absolute Gasteiger partial charge is 0.254 e. The van der Waals surface area contributed by atoms with E-state index >= 15 is 0 Å². The van der Waals surface area contributed by atoms with Gasteiger partial charge in [-0.1, -0.05) is 32.0 Å². The molecule has 6 heteroatoms. The number of benzene rings is 1. The van der Waals surface area contributed by atoms with Gasteiger partial charge >= 0.3 is 0 Å². The molecule has 0 saturated heterocycles. The van der Waals surface area contributed by atoms with Crippen LogP contribution in [0.15, 0.2) is 53.8 Å². The quantitative estimate of drug-likeness (QED) is 0.636. The van der Waals surface area contributed by atoms with Crippen LogP contribution in [0.2, 0.25) is 0 Å². The molecule has 5 nitrogen and oxygen atoms in total. The molecule has 0 bridgehead atoms. The molecule has 29 heavy (non-hydrogen) atoms. The number of pyridine rings is 1. The Morgan fingerprint density at radius 2 is 2.03 bits per heavy atom. The Kier molecular flexibility index (Phi) is 5.21. The van der Waals surface area contributed by atoms with E-state index in [-0.39, 0.29) is 17.4 Å². The van der Waals surface area contributed by atoms with E-state index < -0.39 is 0 Å². The van der Waals surface area contributed by atoms with Crippen LogP contribution in [0, 0.1) is 12.3 Å². The van der Waals surface area contributed by atoms with Crippen molar-refractivity contribution in [3.05, 3.63) is 71.2 Å².